The van der Waals surface area contributed by atoms with Gasteiger partial charge < -0.3 is 11.1 Å². The van der Waals surface area contributed by atoms with Gasteiger partial charge in [-0.1, -0.05) is 30.3 Å². The van der Waals surface area contributed by atoms with Crippen molar-refractivity contribution in [3.05, 3.63) is 59.3 Å². The summed E-state index contributed by atoms with van der Waals surface area (Å²) in [7, 11) is 0. The molecule has 0 radical (unpaired) electrons. The number of carbonyl (C=O) groups excluding carboxylic acids is 1. The molecule has 2 heterocycles. The third-order valence-electron chi connectivity index (χ3n) is 4.67. The van der Waals surface area contributed by atoms with Crippen molar-refractivity contribution in [1.82, 2.24) is 9.88 Å². The highest BCUT2D eigenvalue weighted by Gasteiger charge is 2.23. The molecule has 1 aliphatic heterocycles. The quantitative estimate of drug-likeness (QED) is 0.849. The number of likely N-dealkylation sites (tertiary alicyclic amines) is 1. The molecule has 0 unspecified atom stereocenters. The van der Waals surface area contributed by atoms with Gasteiger partial charge in [0.1, 0.15) is 5.82 Å². The second-order valence-electron chi connectivity index (χ2n) is 6.81. The number of anilines is 1. The van der Waals surface area contributed by atoms with Crippen molar-refractivity contribution in [1.29, 1.82) is 0 Å². The van der Waals surface area contributed by atoms with Crippen molar-refractivity contribution < 1.29 is 4.79 Å². The molecule has 1 atom stereocenters. The minimum absolute atomic E-state index is 0.00834. The van der Waals surface area contributed by atoms with Crippen LogP contribution in [-0.2, 0) is 17.9 Å². The van der Waals surface area contributed by atoms with Crippen LogP contribution in [0.1, 0.15) is 29.7 Å². The van der Waals surface area contributed by atoms with E-state index in [1.165, 1.54) is 11.1 Å². The van der Waals surface area contributed by atoms with Gasteiger partial charge in [-0.15, -0.1) is 0 Å². The van der Waals surface area contributed by atoms with Gasteiger partial charge in [0.15, 0.2) is 0 Å². The molecule has 5 nitrogen and oxygen atoms in total. The Balaban J connectivity index is 1.58. The lowest BCUT2D eigenvalue weighted by Crippen LogP contribution is -2.40. The van der Waals surface area contributed by atoms with Gasteiger partial charge in [-0.2, -0.15) is 0 Å². The SMILES string of the molecule is Cc1cccc(NCc2cccc(CN3CCC[C@H](C(N)=O)C3)c2)n1. The molecule has 1 aromatic carbocycles. The number of primary amides is 1. The van der Waals surface area contributed by atoms with Gasteiger partial charge in [-0.05, 0) is 49.6 Å². The molecule has 0 bridgehead atoms. The average Bonchev–Trinajstić information content (AvgIpc) is 2.61. The summed E-state index contributed by atoms with van der Waals surface area (Å²) in [5.74, 6) is 0.713. The second kappa shape index (κ2) is 8.12. The molecule has 5 heteroatoms. The number of aryl methyl sites for hydroxylation is 1. The fraction of sp³-hybridized carbons (Fsp3) is 0.400. The summed E-state index contributed by atoms with van der Waals surface area (Å²) in [5.41, 5.74) is 8.97. The summed E-state index contributed by atoms with van der Waals surface area (Å²) >= 11 is 0. The van der Waals surface area contributed by atoms with E-state index in [-0.39, 0.29) is 11.8 Å². The zero-order chi connectivity index (χ0) is 17.6. The third-order valence-corrected chi connectivity index (χ3v) is 4.67. The summed E-state index contributed by atoms with van der Waals surface area (Å²) in [6.45, 7) is 5.39. The first kappa shape index (κ1) is 17.4. The first-order valence-electron chi connectivity index (χ1n) is 8.87. The highest BCUT2D eigenvalue weighted by atomic mass is 16.1. The predicted molar refractivity (Wildman–Crippen MR) is 99.9 cm³/mol. The molecule has 3 rings (SSSR count). The number of aromatic nitrogens is 1. The summed E-state index contributed by atoms with van der Waals surface area (Å²) in [6.07, 6.45) is 1.95. The lowest BCUT2D eigenvalue weighted by molar-refractivity contribution is -0.123. The number of hydrogen-bond acceptors (Lipinski definition) is 4. The maximum absolute atomic E-state index is 11.4. The van der Waals surface area contributed by atoms with Crippen LogP contribution in [0, 0.1) is 12.8 Å². The number of amides is 1. The highest BCUT2D eigenvalue weighted by Crippen LogP contribution is 2.19. The van der Waals surface area contributed by atoms with Crippen molar-refractivity contribution in [3.63, 3.8) is 0 Å². The number of piperidine rings is 1. The largest absolute Gasteiger partial charge is 0.369 e. The molecule has 132 valence electrons. The summed E-state index contributed by atoms with van der Waals surface area (Å²) < 4.78 is 0. The van der Waals surface area contributed by atoms with E-state index in [1.54, 1.807) is 0 Å². The molecule has 1 aromatic heterocycles. The third kappa shape index (κ3) is 5.03. The molecule has 0 saturated carbocycles. The molecule has 1 aliphatic rings. The number of carbonyl (C=O) groups is 1. The van der Waals surface area contributed by atoms with E-state index in [4.69, 9.17) is 5.73 Å². The van der Waals surface area contributed by atoms with Crippen LogP contribution in [0.2, 0.25) is 0 Å². The molecule has 1 amide bonds. The van der Waals surface area contributed by atoms with Gasteiger partial charge in [0, 0.05) is 25.3 Å². The molecular formula is C20H26N4O. The maximum Gasteiger partial charge on any atom is 0.221 e. The van der Waals surface area contributed by atoms with Crippen LogP contribution in [0.5, 0.6) is 0 Å². The smallest absolute Gasteiger partial charge is 0.221 e. The van der Waals surface area contributed by atoms with Crippen molar-refractivity contribution in [2.75, 3.05) is 18.4 Å². The van der Waals surface area contributed by atoms with E-state index in [9.17, 15) is 4.79 Å². The summed E-state index contributed by atoms with van der Waals surface area (Å²) in [4.78, 5) is 18.2. The van der Waals surface area contributed by atoms with Crippen LogP contribution < -0.4 is 11.1 Å². The molecule has 0 spiro atoms. The number of nitrogens with zero attached hydrogens (tertiary/aromatic N) is 2. The Labute approximate surface area is 149 Å². The average molecular weight is 338 g/mol. The number of nitrogens with two attached hydrogens (primary N) is 1. The van der Waals surface area contributed by atoms with Crippen LogP contribution in [0.15, 0.2) is 42.5 Å². The zero-order valence-corrected chi connectivity index (χ0v) is 14.7. The maximum atomic E-state index is 11.4. The molecule has 1 fully saturated rings. The Hall–Kier alpha value is -2.40. The number of rotatable bonds is 6. The van der Waals surface area contributed by atoms with E-state index in [1.807, 2.05) is 25.1 Å². The van der Waals surface area contributed by atoms with Crippen molar-refractivity contribution in [3.8, 4) is 0 Å². The monoisotopic (exact) mass is 338 g/mol. The number of nitrogens with one attached hydrogen (secondary N) is 1. The van der Waals surface area contributed by atoms with E-state index in [2.05, 4.69) is 39.5 Å². The van der Waals surface area contributed by atoms with Crippen molar-refractivity contribution in [2.45, 2.75) is 32.9 Å². The van der Waals surface area contributed by atoms with Gasteiger partial charge in [0.2, 0.25) is 5.91 Å². The predicted octanol–water partition coefficient (Wildman–Crippen LogP) is 2.70. The Morgan fingerprint density at radius 1 is 1.28 bits per heavy atom. The molecule has 2 aromatic rings. The summed E-state index contributed by atoms with van der Waals surface area (Å²) in [5, 5.41) is 3.37. The van der Waals surface area contributed by atoms with Gasteiger partial charge in [-0.3, -0.25) is 9.69 Å². The lowest BCUT2D eigenvalue weighted by Gasteiger charge is -2.31. The molecule has 0 aliphatic carbocycles. The minimum Gasteiger partial charge on any atom is -0.369 e. The Morgan fingerprint density at radius 3 is 2.88 bits per heavy atom. The van der Waals surface area contributed by atoms with Crippen molar-refractivity contribution >= 4 is 11.7 Å². The van der Waals surface area contributed by atoms with E-state index in [0.29, 0.717) is 0 Å². The molecule has 3 N–H and O–H groups in total. The zero-order valence-electron chi connectivity index (χ0n) is 14.7. The standard InChI is InChI=1S/C20H26N4O/c1-15-5-2-9-19(23-15)22-12-16-6-3-7-17(11-16)13-24-10-4-8-18(14-24)20(21)25/h2-3,5-7,9,11,18H,4,8,10,12-14H2,1H3,(H2,21,25)(H,22,23)/t18-/m0/s1. The van der Waals surface area contributed by atoms with Gasteiger partial charge in [0.05, 0.1) is 5.92 Å². The Kier molecular flexibility index (Phi) is 5.66. The molecule has 1 saturated heterocycles. The number of hydrogen-bond donors (Lipinski definition) is 2. The number of benzene rings is 1. The van der Waals surface area contributed by atoms with E-state index < -0.39 is 0 Å². The van der Waals surface area contributed by atoms with Crippen LogP contribution in [0.25, 0.3) is 0 Å². The Morgan fingerprint density at radius 2 is 2.08 bits per heavy atom. The first-order chi connectivity index (χ1) is 12.1. The second-order valence-corrected chi connectivity index (χ2v) is 6.81. The van der Waals surface area contributed by atoms with Crippen LogP contribution in [-0.4, -0.2) is 28.9 Å². The molecule has 25 heavy (non-hydrogen) atoms. The fourth-order valence-corrected chi connectivity index (χ4v) is 3.36. The topological polar surface area (TPSA) is 71.2 Å². The van der Waals surface area contributed by atoms with Crippen LogP contribution in [0.3, 0.4) is 0 Å². The van der Waals surface area contributed by atoms with Crippen LogP contribution in [0.4, 0.5) is 5.82 Å². The number of pyridine rings is 1. The summed E-state index contributed by atoms with van der Waals surface area (Å²) in [6, 6.07) is 14.5. The van der Waals surface area contributed by atoms with Crippen LogP contribution >= 0.6 is 0 Å². The van der Waals surface area contributed by atoms with Gasteiger partial charge >= 0.3 is 0 Å². The Bertz CT molecular complexity index is 731. The van der Waals surface area contributed by atoms with Gasteiger partial charge in [0.25, 0.3) is 0 Å². The minimum atomic E-state index is -0.173. The van der Waals surface area contributed by atoms with Gasteiger partial charge in [-0.25, -0.2) is 4.98 Å². The normalized spacial score (nSPS) is 18.0. The highest BCUT2D eigenvalue weighted by molar-refractivity contribution is 5.76. The molecular weight excluding hydrogens is 312 g/mol. The fourth-order valence-electron chi connectivity index (χ4n) is 3.36. The lowest BCUT2D eigenvalue weighted by atomic mass is 9.97. The van der Waals surface area contributed by atoms with Crippen molar-refractivity contribution in [2.24, 2.45) is 11.7 Å². The first-order valence-corrected chi connectivity index (χ1v) is 8.87. The van der Waals surface area contributed by atoms with E-state index in [0.717, 1.165) is 50.5 Å². The van der Waals surface area contributed by atoms with E-state index >= 15 is 0 Å².